The number of aliphatic hydroxyl groups is 1. The van der Waals surface area contributed by atoms with Crippen molar-refractivity contribution >= 4 is 0 Å². The highest BCUT2D eigenvalue weighted by atomic mass is 16.3. The lowest BCUT2D eigenvalue weighted by molar-refractivity contribution is 0.105. The summed E-state index contributed by atoms with van der Waals surface area (Å²) in [6.45, 7) is 2.28. The van der Waals surface area contributed by atoms with Crippen LogP contribution < -0.4 is 0 Å². The maximum Gasteiger partial charge on any atom is 0.111 e. The van der Waals surface area contributed by atoms with Crippen molar-refractivity contribution in [1.82, 2.24) is 14.8 Å². The molecule has 4 nitrogen and oxygen atoms in total. The van der Waals surface area contributed by atoms with Crippen LogP contribution in [0.2, 0.25) is 0 Å². The molecule has 94 valence electrons. The van der Waals surface area contributed by atoms with E-state index in [0.717, 1.165) is 29.9 Å². The van der Waals surface area contributed by atoms with Crippen LogP contribution in [0.5, 0.6) is 0 Å². The molecule has 0 radical (unpaired) electrons. The molecular weight excluding hydrogens is 226 g/mol. The Labute approximate surface area is 106 Å². The number of aliphatic hydroxyl groups excluding tert-OH is 1. The summed E-state index contributed by atoms with van der Waals surface area (Å²) >= 11 is 0. The Morgan fingerprint density at radius 1 is 1.28 bits per heavy atom. The fourth-order valence-corrected chi connectivity index (χ4v) is 2.43. The summed E-state index contributed by atoms with van der Waals surface area (Å²) in [7, 11) is 0. The van der Waals surface area contributed by atoms with Crippen LogP contribution in [0.25, 0.3) is 11.4 Å². The lowest BCUT2D eigenvalue weighted by atomic mass is 9.81. The van der Waals surface area contributed by atoms with Gasteiger partial charge in [-0.15, -0.1) is 0 Å². The van der Waals surface area contributed by atoms with E-state index in [2.05, 4.69) is 10.1 Å². The van der Waals surface area contributed by atoms with Crippen LogP contribution in [0.4, 0.5) is 0 Å². The van der Waals surface area contributed by atoms with Gasteiger partial charge >= 0.3 is 0 Å². The van der Waals surface area contributed by atoms with Crippen molar-refractivity contribution in [3.8, 4) is 11.4 Å². The Balaban J connectivity index is 1.78. The maximum atomic E-state index is 9.02. The van der Waals surface area contributed by atoms with Gasteiger partial charge in [0.25, 0.3) is 0 Å². The second-order valence-corrected chi connectivity index (χ2v) is 5.02. The summed E-state index contributed by atoms with van der Waals surface area (Å²) in [6.07, 6.45) is 4.06. The van der Waals surface area contributed by atoms with Gasteiger partial charge in [-0.2, -0.15) is 5.10 Å². The molecule has 18 heavy (non-hydrogen) atoms. The van der Waals surface area contributed by atoms with Crippen molar-refractivity contribution in [2.24, 2.45) is 5.92 Å². The van der Waals surface area contributed by atoms with E-state index in [1.807, 2.05) is 42.1 Å². The molecule has 0 atom stereocenters. The average molecular weight is 243 g/mol. The van der Waals surface area contributed by atoms with Gasteiger partial charge in [-0.3, -0.25) is 9.67 Å². The van der Waals surface area contributed by atoms with E-state index in [1.165, 1.54) is 0 Å². The normalized spacial score (nSPS) is 22.8. The zero-order chi connectivity index (χ0) is 12.5. The molecule has 0 saturated heterocycles. The molecule has 2 aromatic heterocycles. The quantitative estimate of drug-likeness (QED) is 0.899. The number of aromatic nitrogens is 3. The molecule has 1 aliphatic carbocycles. The number of aryl methyl sites for hydroxylation is 1. The topological polar surface area (TPSA) is 50.9 Å². The van der Waals surface area contributed by atoms with E-state index in [0.29, 0.717) is 18.6 Å². The van der Waals surface area contributed by atoms with Crippen molar-refractivity contribution in [3.63, 3.8) is 0 Å². The molecule has 0 bridgehead atoms. The number of pyridine rings is 1. The van der Waals surface area contributed by atoms with Crippen LogP contribution in [-0.4, -0.2) is 26.5 Å². The molecule has 0 amide bonds. The molecule has 2 heterocycles. The van der Waals surface area contributed by atoms with Crippen LogP contribution in [-0.2, 0) is 0 Å². The Morgan fingerprint density at radius 3 is 2.83 bits per heavy atom. The predicted octanol–water partition coefficient (Wildman–Crippen LogP) is 2.20. The van der Waals surface area contributed by atoms with E-state index in [1.54, 1.807) is 0 Å². The van der Waals surface area contributed by atoms with Crippen molar-refractivity contribution in [3.05, 3.63) is 36.2 Å². The minimum atomic E-state index is 0.296. The van der Waals surface area contributed by atoms with Gasteiger partial charge in [-0.1, -0.05) is 6.07 Å². The first-order chi connectivity index (χ1) is 8.76. The van der Waals surface area contributed by atoms with Crippen LogP contribution in [0.3, 0.4) is 0 Å². The summed E-state index contributed by atoms with van der Waals surface area (Å²) in [5.41, 5.74) is 2.85. The third-order valence-electron chi connectivity index (χ3n) is 3.60. The van der Waals surface area contributed by atoms with Crippen LogP contribution >= 0.6 is 0 Å². The summed E-state index contributed by atoms with van der Waals surface area (Å²) in [4.78, 5) is 4.48. The first-order valence-electron chi connectivity index (χ1n) is 6.36. The van der Waals surface area contributed by atoms with Gasteiger partial charge in [0.15, 0.2) is 0 Å². The third-order valence-corrected chi connectivity index (χ3v) is 3.60. The SMILES string of the molecule is Cc1cccc(-c2ccn(C3CC(CO)C3)n2)n1. The molecule has 0 aliphatic heterocycles. The summed E-state index contributed by atoms with van der Waals surface area (Å²) in [6, 6.07) is 8.42. The van der Waals surface area contributed by atoms with E-state index in [4.69, 9.17) is 5.11 Å². The first-order valence-corrected chi connectivity index (χ1v) is 6.36. The van der Waals surface area contributed by atoms with Gasteiger partial charge in [0.05, 0.1) is 11.7 Å². The van der Waals surface area contributed by atoms with Crippen LogP contribution in [0.1, 0.15) is 24.6 Å². The van der Waals surface area contributed by atoms with Gasteiger partial charge in [0, 0.05) is 18.5 Å². The molecule has 2 aromatic rings. The van der Waals surface area contributed by atoms with Gasteiger partial charge in [0.2, 0.25) is 0 Å². The zero-order valence-corrected chi connectivity index (χ0v) is 10.5. The van der Waals surface area contributed by atoms with Crippen LogP contribution in [0, 0.1) is 12.8 Å². The fraction of sp³-hybridized carbons (Fsp3) is 0.429. The smallest absolute Gasteiger partial charge is 0.111 e. The number of nitrogens with zero attached hydrogens (tertiary/aromatic N) is 3. The summed E-state index contributed by atoms with van der Waals surface area (Å²) < 4.78 is 2.01. The minimum Gasteiger partial charge on any atom is -0.396 e. The molecule has 0 spiro atoms. The standard InChI is InChI=1S/C14H17N3O/c1-10-3-2-4-13(15-10)14-5-6-17(16-14)12-7-11(8-12)9-18/h2-6,11-12,18H,7-9H2,1H3. The monoisotopic (exact) mass is 243 g/mol. The number of hydrogen-bond donors (Lipinski definition) is 1. The molecule has 1 saturated carbocycles. The Kier molecular flexibility index (Phi) is 2.88. The zero-order valence-electron chi connectivity index (χ0n) is 10.5. The van der Waals surface area contributed by atoms with Gasteiger partial charge in [-0.25, -0.2) is 0 Å². The molecular formula is C14H17N3O. The highest BCUT2D eigenvalue weighted by molar-refractivity contribution is 5.53. The van der Waals surface area contributed by atoms with Gasteiger partial charge in [-0.05, 0) is 43.9 Å². The van der Waals surface area contributed by atoms with Crippen molar-refractivity contribution in [2.45, 2.75) is 25.8 Å². The second-order valence-electron chi connectivity index (χ2n) is 5.02. The molecule has 0 unspecified atom stereocenters. The van der Waals surface area contributed by atoms with Crippen molar-refractivity contribution in [1.29, 1.82) is 0 Å². The number of hydrogen-bond acceptors (Lipinski definition) is 3. The molecule has 1 N–H and O–H groups in total. The minimum absolute atomic E-state index is 0.296. The molecule has 1 aliphatic rings. The fourth-order valence-electron chi connectivity index (χ4n) is 2.43. The summed E-state index contributed by atoms with van der Waals surface area (Å²) in [5.74, 6) is 0.458. The van der Waals surface area contributed by atoms with Crippen molar-refractivity contribution in [2.75, 3.05) is 6.61 Å². The van der Waals surface area contributed by atoms with E-state index in [-0.39, 0.29) is 0 Å². The molecule has 0 aromatic carbocycles. The van der Waals surface area contributed by atoms with Gasteiger partial charge in [0.1, 0.15) is 5.69 Å². The number of rotatable bonds is 3. The molecule has 1 fully saturated rings. The predicted molar refractivity (Wildman–Crippen MR) is 69.0 cm³/mol. The Morgan fingerprint density at radius 2 is 2.11 bits per heavy atom. The summed E-state index contributed by atoms with van der Waals surface area (Å²) in [5, 5.41) is 13.6. The largest absolute Gasteiger partial charge is 0.396 e. The Hall–Kier alpha value is -1.68. The first kappa shape index (κ1) is 11.4. The highest BCUT2D eigenvalue weighted by Crippen LogP contribution is 2.37. The van der Waals surface area contributed by atoms with E-state index in [9.17, 15) is 0 Å². The lowest BCUT2D eigenvalue weighted by Gasteiger charge is -2.34. The second kappa shape index (κ2) is 4.53. The van der Waals surface area contributed by atoms with Gasteiger partial charge < -0.3 is 5.11 Å². The highest BCUT2D eigenvalue weighted by Gasteiger charge is 2.30. The maximum absolute atomic E-state index is 9.02. The average Bonchev–Trinajstić information content (AvgIpc) is 2.77. The lowest BCUT2D eigenvalue weighted by Crippen LogP contribution is -2.29. The third kappa shape index (κ3) is 2.04. The Bertz CT molecular complexity index is 543. The molecule has 3 rings (SSSR count). The van der Waals surface area contributed by atoms with Crippen molar-refractivity contribution < 1.29 is 5.11 Å². The van der Waals surface area contributed by atoms with Crippen LogP contribution in [0.15, 0.2) is 30.5 Å². The van der Waals surface area contributed by atoms with E-state index >= 15 is 0 Å². The van der Waals surface area contributed by atoms with E-state index < -0.39 is 0 Å². The molecule has 4 heteroatoms.